The number of nitrogens with zero attached hydrogens (tertiary/aromatic N) is 2. The van der Waals surface area contributed by atoms with Crippen LogP contribution in [-0.4, -0.2) is 33.8 Å². The first-order chi connectivity index (χ1) is 13.3. The van der Waals surface area contributed by atoms with Crippen LogP contribution in [0.5, 0.6) is 5.75 Å². The van der Waals surface area contributed by atoms with Crippen molar-refractivity contribution < 1.29 is 15.1 Å². The predicted molar refractivity (Wildman–Crippen MR) is 107 cm³/mol. The third-order valence-electron chi connectivity index (χ3n) is 4.60. The van der Waals surface area contributed by atoms with Crippen molar-refractivity contribution in [2.24, 2.45) is 5.16 Å². The highest BCUT2D eigenvalue weighted by Crippen LogP contribution is 2.28. The Morgan fingerprint density at radius 2 is 1.48 bits per heavy atom. The van der Waals surface area contributed by atoms with Crippen LogP contribution < -0.4 is 4.74 Å². The smallest absolute Gasteiger partial charge is 0.119 e. The number of hydrogen-bond donors (Lipinski definition) is 2. The number of aliphatic hydroxyl groups is 1. The highest BCUT2D eigenvalue weighted by molar-refractivity contribution is 6.07. The lowest BCUT2D eigenvalue weighted by atomic mass is 10.2. The van der Waals surface area contributed by atoms with Gasteiger partial charge < -0.3 is 19.6 Å². The van der Waals surface area contributed by atoms with Crippen LogP contribution in [-0.2, 0) is 6.54 Å². The first-order valence-corrected chi connectivity index (χ1v) is 8.80. The van der Waals surface area contributed by atoms with Gasteiger partial charge in [-0.1, -0.05) is 41.6 Å². The predicted octanol–water partition coefficient (Wildman–Crippen LogP) is 4.04. The average Bonchev–Trinajstić information content (AvgIpc) is 3.02. The highest BCUT2D eigenvalue weighted by Gasteiger charge is 2.13. The zero-order valence-electron chi connectivity index (χ0n) is 14.7. The van der Waals surface area contributed by atoms with Crippen molar-refractivity contribution in [1.82, 2.24) is 4.57 Å². The Morgan fingerprint density at radius 1 is 0.889 bits per heavy atom. The Morgan fingerprint density at radius 3 is 2.07 bits per heavy atom. The van der Waals surface area contributed by atoms with E-state index in [0.717, 1.165) is 16.6 Å². The second kappa shape index (κ2) is 7.51. The quantitative estimate of drug-likeness (QED) is 0.310. The number of aliphatic hydroxyl groups excluding tert-OH is 1. The van der Waals surface area contributed by atoms with Crippen LogP contribution in [0.3, 0.4) is 0 Å². The Balaban J connectivity index is 1.51. The van der Waals surface area contributed by atoms with Crippen LogP contribution in [0, 0.1) is 0 Å². The molecule has 5 heteroatoms. The van der Waals surface area contributed by atoms with Crippen molar-refractivity contribution >= 4 is 28.0 Å². The molecular formula is C22H20N2O3. The fraction of sp³-hybridized carbons (Fsp3) is 0.136. The van der Waals surface area contributed by atoms with Gasteiger partial charge in [-0.3, -0.25) is 0 Å². The van der Waals surface area contributed by atoms with Gasteiger partial charge in [0.2, 0.25) is 0 Å². The molecule has 3 aromatic carbocycles. The fourth-order valence-corrected chi connectivity index (χ4v) is 3.37. The van der Waals surface area contributed by atoms with Gasteiger partial charge in [0.25, 0.3) is 0 Å². The molecule has 0 aliphatic carbocycles. The summed E-state index contributed by atoms with van der Waals surface area (Å²) in [6.07, 6.45) is 0.698. The van der Waals surface area contributed by atoms with E-state index >= 15 is 0 Å². The third-order valence-corrected chi connectivity index (χ3v) is 4.60. The standard InChI is InChI=1S/C22H20N2O3/c25-17(15-27-18-11-9-16(10-12-18)13-23-26)14-24-21-7-3-1-5-19(21)20-6-2-4-8-22(20)24/h1-13,17,25-26H,14-15H2/b23-13-/t17-/m0/s1. The molecule has 2 N–H and O–H groups in total. The number of fused-ring (bicyclic) bond motifs is 3. The molecule has 1 atom stereocenters. The van der Waals surface area contributed by atoms with E-state index in [1.165, 1.54) is 17.0 Å². The second-order valence-electron chi connectivity index (χ2n) is 6.42. The molecule has 0 amide bonds. The van der Waals surface area contributed by atoms with E-state index in [0.29, 0.717) is 12.3 Å². The van der Waals surface area contributed by atoms with Crippen LogP contribution in [0.1, 0.15) is 5.56 Å². The summed E-state index contributed by atoms with van der Waals surface area (Å²) in [6, 6.07) is 23.6. The van der Waals surface area contributed by atoms with Crippen molar-refractivity contribution in [1.29, 1.82) is 0 Å². The van der Waals surface area contributed by atoms with E-state index in [1.807, 2.05) is 24.3 Å². The summed E-state index contributed by atoms with van der Waals surface area (Å²) in [4.78, 5) is 0. The van der Waals surface area contributed by atoms with E-state index in [2.05, 4.69) is 34.0 Å². The zero-order chi connectivity index (χ0) is 18.6. The second-order valence-corrected chi connectivity index (χ2v) is 6.42. The maximum atomic E-state index is 10.5. The molecule has 0 aliphatic rings. The molecule has 1 aromatic heterocycles. The van der Waals surface area contributed by atoms with E-state index < -0.39 is 6.10 Å². The summed E-state index contributed by atoms with van der Waals surface area (Å²) in [6.45, 7) is 0.636. The SMILES string of the molecule is O/N=C\c1ccc(OC[C@@H](O)Cn2c3ccccc3c3ccccc32)cc1. The summed E-state index contributed by atoms with van der Waals surface area (Å²) in [5.41, 5.74) is 2.98. The first-order valence-electron chi connectivity index (χ1n) is 8.80. The van der Waals surface area contributed by atoms with Gasteiger partial charge in [0, 0.05) is 21.8 Å². The summed E-state index contributed by atoms with van der Waals surface area (Å²) in [7, 11) is 0. The maximum absolute atomic E-state index is 10.5. The zero-order valence-corrected chi connectivity index (χ0v) is 14.7. The Bertz CT molecular complexity index is 1030. The molecule has 0 spiro atoms. The highest BCUT2D eigenvalue weighted by atomic mass is 16.5. The van der Waals surface area contributed by atoms with Crippen LogP contribution in [0.25, 0.3) is 21.8 Å². The molecule has 27 heavy (non-hydrogen) atoms. The lowest BCUT2D eigenvalue weighted by Gasteiger charge is -2.15. The number of ether oxygens (including phenoxy) is 1. The molecule has 0 fully saturated rings. The largest absolute Gasteiger partial charge is 0.491 e. The first kappa shape index (κ1) is 17.1. The van der Waals surface area contributed by atoms with Gasteiger partial charge in [0.05, 0.1) is 12.8 Å². The Labute approximate surface area is 156 Å². The van der Waals surface area contributed by atoms with Crippen LogP contribution in [0.4, 0.5) is 0 Å². The molecule has 0 bridgehead atoms. The van der Waals surface area contributed by atoms with Crippen molar-refractivity contribution in [3.05, 3.63) is 78.4 Å². The van der Waals surface area contributed by atoms with Gasteiger partial charge in [-0.15, -0.1) is 0 Å². The minimum absolute atomic E-state index is 0.189. The number of rotatable bonds is 6. The van der Waals surface area contributed by atoms with E-state index in [9.17, 15) is 5.11 Å². The van der Waals surface area contributed by atoms with Gasteiger partial charge in [-0.2, -0.15) is 0 Å². The monoisotopic (exact) mass is 360 g/mol. The molecule has 0 unspecified atom stereocenters. The van der Waals surface area contributed by atoms with Crippen LogP contribution >= 0.6 is 0 Å². The molecule has 1 heterocycles. The third kappa shape index (κ3) is 3.50. The van der Waals surface area contributed by atoms with Crippen LogP contribution in [0.15, 0.2) is 78.0 Å². The van der Waals surface area contributed by atoms with Crippen LogP contribution in [0.2, 0.25) is 0 Å². The lowest BCUT2D eigenvalue weighted by Crippen LogP contribution is -2.23. The molecule has 0 saturated carbocycles. The van der Waals surface area contributed by atoms with Gasteiger partial charge >= 0.3 is 0 Å². The molecular weight excluding hydrogens is 340 g/mol. The molecule has 0 saturated heterocycles. The van der Waals surface area contributed by atoms with Gasteiger partial charge in [-0.05, 0) is 42.0 Å². The van der Waals surface area contributed by atoms with Gasteiger partial charge in [0.1, 0.15) is 18.5 Å². The minimum atomic E-state index is -0.650. The van der Waals surface area contributed by atoms with Crippen molar-refractivity contribution in [3.63, 3.8) is 0 Å². The number of oxime groups is 1. The van der Waals surface area contributed by atoms with E-state index in [1.54, 1.807) is 24.3 Å². The molecule has 4 aromatic rings. The number of hydrogen-bond acceptors (Lipinski definition) is 4. The summed E-state index contributed by atoms with van der Waals surface area (Å²) >= 11 is 0. The van der Waals surface area contributed by atoms with E-state index in [4.69, 9.17) is 9.94 Å². The average molecular weight is 360 g/mol. The minimum Gasteiger partial charge on any atom is -0.491 e. The maximum Gasteiger partial charge on any atom is 0.119 e. The topological polar surface area (TPSA) is 67.0 Å². The van der Waals surface area contributed by atoms with Gasteiger partial charge in [0.15, 0.2) is 0 Å². The van der Waals surface area contributed by atoms with Crippen molar-refractivity contribution in [2.75, 3.05) is 6.61 Å². The number of benzene rings is 3. The summed E-state index contributed by atoms with van der Waals surface area (Å²) < 4.78 is 7.84. The fourth-order valence-electron chi connectivity index (χ4n) is 3.37. The number of aromatic nitrogens is 1. The van der Waals surface area contributed by atoms with Gasteiger partial charge in [-0.25, -0.2) is 0 Å². The number of para-hydroxylation sites is 2. The van der Waals surface area contributed by atoms with Crippen molar-refractivity contribution in [3.8, 4) is 5.75 Å². The lowest BCUT2D eigenvalue weighted by molar-refractivity contribution is 0.0945. The molecule has 5 nitrogen and oxygen atoms in total. The molecule has 4 rings (SSSR count). The molecule has 136 valence electrons. The normalized spacial score (nSPS) is 12.8. The molecule has 0 aliphatic heterocycles. The Kier molecular flexibility index (Phi) is 4.77. The van der Waals surface area contributed by atoms with E-state index in [-0.39, 0.29) is 6.61 Å². The summed E-state index contributed by atoms with van der Waals surface area (Å²) in [5.74, 6) is 0.659. The Hall–Kier alpha value is -3.31. The molecule has 0 radical (unpaired) electrons. The summed E-state index contributed by atoms with van der Waals surface area (Å²) in [5, 5.41) is 24.4. The van der Waals surface area contributed by atoms with Crippen molar-refractivity contribution in [2.45, 2.75) is 12.6 Å².